The van der Waals surface area contributed by atoms with E-state index in [4.69, 9.17) is 23.2 Å². The Bertz CT molecular complexity index is 1050. The monoisotopic (exact) mass is 410 g/mol. The zero-order chi connectivity index (χ0) is 19.7. The van der Waals surface area contributed by atoms with Crippen LogP contribution in [-0.4, -0.2) is 19.6 Å². The molecule has 2 heterocycles. The van der Waals surface area contributed by atoms with Crippen LogP contribution in [-0.2, 0) is 0 Å². The smallest absolute Gasteiger partial charge is 0.160 e. The molecular formula is C20H16Cl2N6. The number of para-hydroxylation sites is 2. The van der Waals surface area contributed by atoms with Gasteiger partial charge in [-0.3, -0.25) is 0 Å². The largest absolute Gasteiger partial charge is 0.220 e. The number of halogens is 2. The van der Waals surface area contributed by atoms with Gasteiger partial charge >= 0.3 is 0 Å². The predicted octanol–water partition coefficient (Wildman–Crippen LogP) is 6.40. The summed E-state index contributed by atoms with van der Waals surface area (Å²) in [6.07, 6.45) is 0. The minimum atomic E-state index is 0.386. The Labute approximate surface area is 172 Å². The molecule has 0 bridgehead atoms. The molecule has 0 N–H and O–H groups in total. The number of aromatic nitrogens is 4. The molecule has 0 spiro atoms. The van der Waals surface area contributed by atoms with Crippen LogP contribution in [0, 0.1) is 13.8 Å². The zero-order valence-electron chi connectivity index (χ0n) is 15.2. The lowest BCUT2D eigenvalue weighted by atomic mass is 10.3. The molecule has 8 heteroatoms. The van der Waals surface area contributed by atoms with Crippen LogP contribution < -0.4 is 0 Å². The number of hydrogen-bond acceptors (Lipinski definition) is 4. The molecule has 2 aromatic heterocycles. The summed E-state index contributed by atoms with van der Waals surface area (Å²) in [6, 6.07) is 19.2. The van der Waals surface area contributed by atoms with E-state index < -0.39 is 0 Å². The van der Waals surface area contributed by atoms with Crippen LogP contribution in [0.5, 0.6) is 0 Å². The summed E-state index contributed by atoms with van der Waals surface area (Å²) in [5, 5.41) is 18.4. The number of hydrogen-bond donors (Lipinski definition) is 0. The van der Waals surface area contributed by atoms with Crippen molar-refractivity contribution in [3.8, 4) is 11.4 Å². The topological polar surface area (TPSA) is 60.4 Å². The van der Waals surface area contributed by atoms with Crippen molar-refractivity contribution in [1.29, 1.82) is 0 Å². The zero-order valence-corrected chi connectivity index (χ0v) is 16.7. The van der Waals surface area contributed by atoms with E-state index in [1.807, 2.05) is 74.5 Å². The van der Waals surface area contributed by atoms with Gasteiger partial charge in [0, 0.05) is 0 Å². The number of benzene rings is 2. The van der Waals surface area contributed by atoms with E-state index >= 15 is 0 Å². The normalized spacial score (nSPS) is 11.4. The van der Waals surface area contributed by atoms with E-state index in [0.717, 1.165) is 11.4 Å². The highest BCUT2D eigenvalue weighted by molar-refractivity contribution is 6.32. The molecule has 0 saturated carbocycles. The third kappa shape index (κ3) is 3.32. The average Bonchev–Trinajstić information content (AvgIpc) is 3.17. The first kappa shape index (κ1) is 18.4. The fourth-order valence-corrected chi connectivity index (χ4v) is 3.41. The molecule has 2 aromatic carbocycles. The fourth-order valence-electron chi connectivity index (χ4n) is 2.79. The molecule has 0 aliphatic rings. The Hall–Kier alpha value is -2.96. The van der Waals surface area contributed by atoms with Crippen LogP contribution in [0.3, 0.4) is 0 Å². The van der Waals surface area contributed by atoms with E-state index in [9.17, 15) is 0 Å². The van der Waals surface area contributed by atoms with Crippen molar-refractivity contribution in [2.75, 3.05) is 0 Å². The third-order valence-corrected chi connectivity index (χ3v) is 4.88. The van der Waals surface area contributed by atoms with Crippen molar-refractivity contribution >= 4 is 34.6 Å². The van der Waals surface area contributed by atoms with Gasteiger partial charge in [0.25, 0.3) is 0 Å². The third-order valence-electron chi connectivity index (χ3n) is 4.20. The molecule has 0 unspecified atom stereocenters. The van der Waals surface area contributed by atoms with Crippen LogP contribution in [0.2, 0.25) is 10.3 Å². The SMILES string of the molecule is Cc1nn(-c2ccccc2)c(Cl)c1N=Nc1c(C)nn(-c2ccccc2)c1Cl. The lowest BCUT2D eigenvalue weighted by Crippen LogP contribution is -1.95. The summed E-state index contributed by atoms with van der Waals surface area (Å²) in [4.78, 5) is 0. The minimum Gasteiger partial charge on any atom is -0.220 e. The predicted molar refractivity (Wildman–Crippen MR) is 111 cm³/mol. The van der Waals surface area contributed by atoms with Gasteiger partial charge in [-0.15, -0.1) is 10.2 Å². The molecule has 4 aromatic rings. The fraction of sp³-hybridized carbons (Fsp3) is 0.100. The van der Waals surface area contributed by atoms with Crippen molar-refractivity contribution in [3.63, 3.8) is 0 Å². The molecule has 6 nitrogen and oxygen atoms in total. The van der Waals surface area contributed by atoms with E-state index in [2.05, 4.69) is 20.4 Å². The maximum Gasteiger partial charge on any atom is 0.160 e. The number of aryl methyl sites for hydroxylation is 2. The first-order valence-electron chi connectivity index (χ1n) is 8.59. The number of azo groups is 1. The van der Waals surface area contributed by atoms with Gasteiger partial charge in [0.15, 0.2) is 10.3 Å². The maximum absolute atomic E-state index is 6.50. The van der Waals surface area contributed by atoms with Crippen molar-refractivity contribution < 1.29 is 0 Å². The van der Waals surface area contributed by atoms with Crippen molar-refractivity contribution in [2.45, 2.75) is 13.8 Å². The highest BCUT2D eigenvalue weighted by Crippen LogP contribution is 2.35. The van der Waals surface area contributed by atoms with Crippen molar-refractivity contribution in [1.82, 2.24) is 19.6 Å². The Morgan fingerprint density at radius 3 is 1.36 bits per heavy atom. The van der Waals surface area contributed by atoms with Crippen LogP contribution in [0.15, 0.2) is 70.9 Å². The van der Waals surface area contributed by atoms with Crippen LogP contribution in [0.1, 0.15) is 11.4 Å². The molecule has 28 heavy (non-hydrogen) atoms. The van der Waals surface area contributed by atoms with Gasteiger partial charge in [0.2, 0.25) is 0 Å². The molecule has 0 aliphatic heterocycles. The second-order valence-electron chi connectivity index (χ2n) is 6.14. The maximum atomic E-state index is 6.50. The summed E-state index contributed by atoms with van der Waals surface area (Å²) in [5.41, 5.74) is 4.02. The van der Waals surface area contributed by atoms with Gasteiger partial charge in [-0.1, -0.05) is 59.6 Å². The Kier molecular flexibility index (Phi) is 4.98. The molecule has 0 saturated heterocycles. The van der Waals surface area contributed by atoms with E-state index in [1.54, 1.807) is 9.36 Å². The van der Waals surface area contributed by atoms with Crippen LogP contribution >= 0.6 is 23.2 Å². The molecule has 0 fully saturated rings. The van der Waals surface area contributed by atoms with Gasteiger partial charge in [-0.2, -0.15) is 10.2 Å². The number of nitrogens with zero attached hydrogens (tertiary/aromatic N) is 6. The molecule has 0 aliphatic carbocycles. The van der Waals surface area contributed by atoms with E-state index in [0.29, 0.717) is 33.1 Å². The molecule has 140 valence electrons. The van der Waals surface area contributed by atoms with Gasteiger partial charge in [-0.05, 0) is 38.1 Å². The van der Waals surface area contributed by atoms with Gasteiger partial charge in [0.05, 0.1) is 22.8 Å². The van der Waals surface area contributed by atoms with Crippen LogP contribution in [0.4, 0.5) is 11.4 Å². The second kappa shape index (κ2) is 7.58. The Balaban J connectivity index is 1.71. The molecular weight excluding hydrogens is 395 g/mol. The van der Waals surface area contributed by atoms with E-state index in [-0.39, 0.29) is 0 Å². The standard InChI is InChI=1S/C20H16Cl2N6/c1-13-17(19(21)27(25-13)15-9-5-3-6-10-15)23-24-18-14(2)26-28(20(18)22)16-11-7-4-8-12-16/h3-12H,1-2H3. The molecule has 4 rings (SSSR count). The molecule has 0 radical (unpaired) electrons. The van der Waals surface area contributed by atoms with Crippen LogP contribution in [0.25, 0.3) is 11.4 Å². The van der Waals surface area contributed by atoms with Gasteiger partial charge < -0.3 is 0 Å². The highest BCUT2D eigenvalue weighted by atomic mass is 35.5. The summed E-state index contributed by atoms with van der Waals surface area (Å²) in [7, 11) is 0. The van der Waals surface area contributed by atoms with Gasteiger partial charge in [-0.25, -0.2) is 9.36 Å². The lowest BCUT2D eigenvalue weighted by Gasteiger charge is -2.01. The van der Waals surface area contributed by atoms with Crippen molar-refractivity contribution in [3.05, 3.63) is 82.4 Å². The summed E-state index contributed by atoms with van der Waals surface area (Å²) in [6.45, 7) is 3.67. The minimum absolute atomic E-state index is 0.386. The average molecular weight is 411 g/mol. The first-order chi connectivity index (χ1) is 13.6. The van der Waals surface area contributed by atoms with Gasteiger partial charge in [0.1, 0.15) is 11.4 Å². The van der Waals surface area contributed by atoms with Crippen molar-refractivity contribution in [2.24, 2.45) is 10.2 Å². The summed E-state index contributed by atoms with van der Waals surface area (Å²) in [5.74, 6) is 0. The molecule has 0 amide bonds. The molecule has 0 atom stereocenters. The summed E-state index contributed by atoms with van der Waals surface area (Å²) >= 11 is 13.0. The first-order valence-corrected chi connectivity index (χ1v) is 9.34. The second-order valence-corrected chi connectivity index (χ2v) is 6.86. The summed E-state index contributed by atoms with van der Waals surface area (Å²) < 4.78 is 3.26. The Morgan fingerprint density at radius 2 is 1.00 bits per heavy atom. The van der Waals surface area contributed by atoms with E-state index in [1.165, 1.54) is 0 Å². The Morgan fingerprint density at radius 1 is 0.643 bits per heavy atom. The quantitative estimate of drug-likeness (QED) is 0.365. The highest BCUT2D eigenvalue weighted by Gasteiger charge is 2.17. The lowest BCUT2D eigenvalue weighted by molar-refractivity contribution is 0.863. The number of rotatable bonds is 4.